The Morgan fingerprint density at radius 2 is 2.29 bits per heavy atom. The molecule has 94 valence electrons. The lowest BCUT2D eigenvalue weighted by Crippen LogP contribution is -2.48. The second kappa shape index (κ2) is 5.43. The third-order valence-corrected chi connectivity index (χ3v) is 2.15. The van der Waals surface area contributed by atoms with Gasteiger partial charge in [0, 0.05) is 5.56 Å². The monoisotopic (exact) mass is 244 g/mol. The molecular weight excluding hydrogens is 231 g/mol. The van der Waals surface area contributed by atoms with Crippen LogP contribution < -0.4 is 26.9 Å². The highest BCUT2D eigenvalue weighted by Crippen LogP contribution is 2.31. The third kappa shape index (κ3) is 2.44. The SMILES string of the molecule is COc1ccc(F)c(N(N)C(=O)NN)c1CO. The van der Waals surface area contributed by atoms with Crippen LogP contribution in [-0.2, 0) is 6.61 Å². The van der Waals surface area contributed by atoms with Crippen LogP contribution in [0.25, 0.3) is 0 Å². The fourth-order valence-corrected chi connectivity index (χ4v) is 1.36. The van der Waals surface area contributed by atoms with E-state index < -0.39 is 18.5 Å². The molecule has 0 heterocycles. The molecule has 0 spiro atoms. The first-order valence-corrected chi connectivity index (χ1v) is 4.58. The quantitative estimate of drug-likeness (QED) is 0.328. The second-order valence-electron chi connectivity index (χ2n) is 3.05. The van der Waals surface area contributed by atoms with Gasteiger partial charge in [-0.2, -0.15) is 0 Å². The molecule has 2 amide bonds. The van der Waals surface area contributed by atoms with Crippen LogP contribution in [0.5, 0.6) is 5.75 Å². The average molecular weight is 244 g/mol. The molecule has 1 aromatic carbocycles. The Labute approximate surface area is 96.7 Å². The number of ether oxygens (including phenoxy) is 1. The molecule has 0 atom stereocenters. The average Bonchev–Trinajstić information content (AvgIpc) is 2.36. The topological polar surface area (TPSA) is 114 Å². The molecule has 0 aromatic heterocycles. The van der Waals surface area contributed by atoms with Crippen LogP contribution in [0.2, 0.25) is 0 Å². The van der Waals surface area contributed by atoms with Gasteiger partial charge in [-0.3, -0.25) is 5.43 Å². The van der Waals surface area contributed by atoms with Gasteiger partial charge in [0.25, 0.3) is 0 Å². The summed E-state index contributed by atoms with van der Waals surface area (Å²) in [5.74, 6) is 9.70. The molecular formula is C9H13FN4O3. The summed E-state index contributed by atoms with van der Waals surface area (Å²) < 4.78 is 18.5. The number of benzene rings is 1. The zero-order valence-corrected chi connectivity index (χ0v) is 9.11. The Morgan fingerprint density at radius 3 is 2.76 bits per heavy atom. The largest absolute Gasteiger partial charge is 0.496 e. The number of methoxy groups -OCH3 is 1. The van der Waals surface area contributed by atoms with E-state index in [4.69, 9.17) is 21.5 Å². The van der Waals surface area contributed by atoms with Crippen molar-refractivity contribution in [1.82, 2.24) is 5.43 Å². The molecule has 0 radical (unpaired) electrons. The summed E-state index contributed by atoms with van der Waals surface area (Å²) in [5.41, 5.74) is 1.51. The summed E-state index contributed by atoms with van der Waals surface area (Å²) in [5, 5.41) is 9.63. The van der Waals surface area contributed by atoms with Gasteiger partial charge in [-0.05, 0) is 12.1 Å². The molecule has 0 unspecified atom stereocenters. The lowest BCUT2D eigenvalue weighted by atomic mass is 10.1. The van der Waals surface area contributed by atoms with E-state index in [-0.39, 0.29) is 17.0 Å². The highest BCUT2D eigenvalue weighted by atomic mass is 19.1. The lowest BCUT2D eigenvalue weighted by molar-refractivity contribution is 0.245. The van der Waals surface area contributed by atoms with E-state index >= 15 is 0 Å². The molecule has 6 N–H and O–H groups in total. The van der Waals surface area contributed by atoms with Crippen LogP contribution in [0.4, 0.5) is 14.9 Å². The Hall–Kier alpha value is -1.90. The molecule has 0 saturated carbocycles. The predicted molar refractivity (Wildman–Crippen MR) is 58.3 cm³/mol. The van der Waals surface area contributed by atoms with Gasteiger partial charge in [-0.15, -0.1) is 0 Å². The van der Waals surface area contributed by atoms with Crippen molar-refractivity contribution in [3.63, 3.8) is 0 Å². The second-order valence-corrected chi connectivity index (χ2v) is 3.05. The van der Waals surface area contributed by atoms with E-state index in [1.165, 1.54) is 13.2 Å². The number of rotatable bonds is 3. The molecule has 17 heavy (non-hydrogen) atoms. The summed E-state index contributed by atoms with van der Waals surface area (Å²) in [7, 11) is 1.35. The number of aliphatic hydroxyl groups is 1. The normalized spacial score (nSPS) is 9.94. The van der Waals surface area contributed by atoms with Gasteiger partial charge in [-0.1, -0.05) is 0 Å². The summed E-state index contributed by atoms with van der Waals surface area (Å²) >= 11 is 0. The number of hydrogen-bond donors (Lipinski definition) is 4. The van der Waals surface area contributed by atoms with Crippen LogP contribution >= 0.6 is 0 Å². The minimum Gasteiger partial charge on any atom is -0.496 e. The van der Waals surface area contributed by atoms with E-state index in [0.29, 0.717) is 5.01 Å². The predicted octanol–water partition coefficient (Wildman–Crippen LogP) is -0.410. The molecule has 7 nitrogen and oxygen atoms in total. The van der Waals surface area contributed by atoms with Crippen molar-refractivity contribution in [2.75, 3.05) is 12.1 Å². The molecule has 0 aliphatic heterocycles. The molecule has 0 saturated heterocycles. The Balaban J connectivity index is 3.34. The highest BCUT2D eigenvalue weighted by Gasteiger charge is 2.21. The summed E-state index contributed by atoms with van der Waals surface area (Å²) in [6.45, 7) is -0.540. The van der Waals surface area contributed by atoms with Crippen LogP contribution in [-0.4, -0.2) is 18.2 Å². The number of hydrogen-bond acceptors (Lipinski definition) is 5. The summed E-state index contributed by atoms with van der Waals surface area (Å²) in [6.07, 6.45) is 0. The third-order valence-electron chi connectivity index (χ3n) is 2.15. The van der Waals surface area contributed by atoms with E-state index in [1.807, 2.05) is 0 Å². The summed E-state index contributed by atoms with van der Waals surface area (Å²) in [4.78, 5) is 11.2. The Bertz CT molecular complexity index is 427. The fourth-order valence-electron chi connectivity index (χ4n) is 1.36. The number of amides is 2. The van der Waals surface area contributed by atoms with Gasteiger partial charge < -0.3 is 9.84 Å². The minimum absolute atomic E-state index is 0.0543. The number of halogens is 1. The first kappa shape index (κ1) is 13.2. The fraction of sp³-hybridized carbons (Fsp3) is 0.222. The number of carbonyl (C=O) groups excluding carboxylic acids is 1. The maximum Gasteiger partial charge on any atom is 0.350 e. The van der Waals surface area contributed by atoms with Gasteiger partial charge >= 0.3 is 6.03 Å². The molecule has 8 heteroatoms. The van der Waals surface area contributed by atoms with Crippen molar-refractivity contribution >= 4 is 11.7 Å². The van der Waals surface area contributed by atoms with Gasteiger partial charge in [0.15, 0.2) is 0 Å². The van der Waals surface area contributed by atoms with Gasteiger partial charge in [-0.25, -0.2) is 25.9 Å². The number of anilines is 1. The van der Waals surface area contributed by atoms with Crippen LogP contribution in [0.3, 0.4) is 0 Å². The maximum atomic E-state index is 13.6. The zero-order chi connectivity index (χ0) is 13.0. The van der Waals surface area contributed by atoms with Crippen molar-refractivity contribution in [1.29, 1.82) is 0 Å². The number of hydrazine groups is 2. The number of nitrogens with two attached hydrogens (primary N) is 2. The van der Waals surface area contributed by atoms with Crippen molar-refractivity contribution in [3.05, 3.63) is 23.5 Å². The first-order valence-electron chi connectivity index (χ1n) is 4.58. The van der Waals surface area contributed by atoms with Crippen LogP contribution in [0.1, 0.15) is 5.56 Å². The van der Waals surface area contributed by atoms with Crippen molar-refractivity contribution in [2.24, 2.45) is 11.7 Å². The standard InChI is InChI=1S/C9H13FN4O3/c1-17-7-3-2-6(10)8(5(7)4-15)14(12)9(16)13-11/h2-3,15H,4,11-12H2,1H3,(H,13,16). The van der Waals surface area contributed by atoms with E-state index in [1.54, 1.807) is 5.43 Å². The van der Waals surface area contributed by atoms with Crippen molar-refractivity contribution in [2.45, 2.75) is 6.61 Å². The Morgan fingerprint density at radius 1 is 1.65 bits per heavy atom. The smallest absolute Gasteiger partial charge is 0.350 e. The van der Waals surface area contributed by atoms with E-state index in [9.17, 15) is 9.18 Å². The van der Waals surface area contributed by atoms with E-state index in [2.05, 4.69) is 0 Å². The van der Waals surface area contributed by atoms with Crippen molar-refractivity contribution in [3.8, 4) is 5.75 Å². The number of carbonyl (C=O) groups is 1. The highest BCUT2D eigenvalue weighted by molar-refractivity contribution is 5.91. The maximum absolute atomic E-state index is 13.6. The molecule has 0 aliphatic carbocycles. The number of nitrogens with zero attached hydrogens (tertiary/aromatic N) is 1. The molecule has 1 rings (SSSR count). The molecule has 0 fully saturated rings. The van der Waals surface area contributed by atoms with Crippen LogP contribution in [0, 0.1) is 5.82 Å². The first-order chi connectivity index (χ1) is 8.06. The molecule has 0 bridgehead atoms. The van der Waals surface area contributed by atoms with Crippen molar-refractivity contribution < 1.29 is 19.0 Å². The number of nitrogens with one attached hydrogen (secondary N) is 1. The Kier molecular flexibility index (Phi) is 4.21. The van der Waals surface area contributed by atoms with Gasteiger partial charge in [0.1, 0.15) is 17.3 Å². The van der Waals surface area contributed by atoms with Gasteiger partial charge in [0.2, 0.25) is 0 Å². The lowest BCUT2D eigenvalue weighted by Gasteiger charge is -2.20. The zero-order valence-electron chi connectivity index (χ0n) is 9.11. The number of aliphatic hydroxyl groups excluding tert-OH is 1. The minimum atomic E-state index is -0.924. The molecule has 0 aliphatic rings. The number of urea groups is 1. The van der Waals surface area contributed by atoms with Crippen LogP contribution in [0.15, 0.2) is 12.1 Å². The molecule has 1 aromatic rings. The van der Waals surface area contributed by atoms with Gasteiger partial charge in [0.05, 0.1) is 13.7 Å². The summed E-state index contributed by atoms with van der Waals surface area (Å²) in [6, 6.07) is 1.46. The van der Waals surface area contributed by atoms with E-state index in [0.717, 1.165) is 6.07 Å².